The minimum Gasteiger partial charge on any atom is -0.379 e. The number of benzene rings is 2. The van der Waals surface area contributed by atoms with Crippen LogP contribution in [0.2, 0.25) is 0 Å². The Hall–Kier alpha value is -1.68. The van der Waals surface area contributed by atoms with Crippen LogP contribution in [0.3, 0.4) is 0 Å². The smallest absolute Gasteiger partial charge is 0.108 e. The predicted octanol–water partition coefficient (Wildman–Crippen LogP) is 3.74. The van der Waals surface area contributed by atoms with Crippen molar-refractivity contribution in [2.24, 2.45) is 0 Å². The Morgan fingerprint density at radius 2 is 1.38 bits per heavy atom. The summed E-state index contributed by atoms with van der Waals surface area (Å²) >= 11 is 0. The molecule has 3 rings (SSSR count). The van der Waals surface area contributed by atoms with E-state index in [1.165, 1.54) is 22.3 Å². The van der Waals surface area contributed by atoms with Gasteiger partial charge in [0.25, 0.3) is 0 Å². The fourth-order valence-corrected chi connectivity index (χ4v) is 2.99. The molecule has 0 aromatic heterocycles. The van der Waals surface area contributed by atoms with Gasteiger partial charge in [0.2, 0.25) is 0 Å². The number of nitrogens with zero attached hydrogens (tertiary/aromatic N) is 1. The molecule has 1 aliphatic rings. The van der Waals surface area contributed by atoms with Crippen LogP contribution in [-0.4, -0.2) is 44.4 Å². The largest absolute Gasteiger partial charge is 0.379 e. The third-order valence-corrected chi connectivity index (χ3v) is 4.56. The second-order valence-electron chi connectivity index (χ2n) is 6.53. The molecule has 0 radical (unpaired) electrons. The first-order valence-electron chi connectivity index (χ1n) is 8.77. The first kappa shape index (κ1) is 17.2. The molecule has 0 bridgehead atoms. The quantitative estimate of drug-likeness (QED) is 0.807. The average molecular weight is 325 g/mol. The number of aryl methyl sites for hydroxylation is 2. The molecule has 128 valence electrons. The van der Waals surface area contributed by atoms with E-state index in [0.29, 0.717) is 0 Å². The minimum absolute atomic E-state index is 0.00718. The number of hydrogen-bond donors (Lipinski definition) is 0. The van der Waals surface area contributed by atoms with Crippen molar-refractivity contribution in [3.8, 4) is 0 Å². The fraction of sp³-hybridized carbons (Fsp3) is 0.429. The van der Waals surface area contributed by atoms with Gasteiger partial charge in [0.05, 0.1) is 19.8 Å². The van der Waals surface area contributed by atoms with Gasteiger partial charge in [-0.25, -0.2) is 0 Å². The SMILES string of the molecule is Cc1ccc(C(OCCN2CCOCC2)c2ccc(C)cc2)cc1. The highest BCUT2D eigenvalue weighted by atomic mass is 16.5. The predicted molar refractivity (Wildman–Crippen MR) is 97.4 cm³/mol. The zero-order valence-electron chi connectivity index (χ0n) is 14.7. The van der Waals surface area contributed by atoms with Crippen molar-refractivity contribution >= 4 is 0 Å². The Labute approximate surface area is 145 Å². The molecule has 24 heavy (non-hydrogen) atoms. The van der Waals surface area contributed by atoms with Gasteiger partial charge in [-0.15, -0.1) is 0 Å². The maximum Gasteiger partial charge on any atom is 0.108 e. The Balaban J connectivity index is 1.69. The zero-order chi connectivity index (χ0) is 16.8. The third kappa shape index (κ3) is 4.67. The van der Waals surface area contributed by atoms with Crippen LogP contribution in [0.4, 0.5) is 0 Å². The van der Waals surface area contributed by atoms with E-state index in [9.17, 15) is 0 Å². The molecule has 0 N–H and O–H groups in total. The fourth-order valence-electron chi connectivity index (χ4n) is 2.99. The van der Waals surface area contributed by atoms with Crippen molar-refractivity contribution in [2.45, 2.75) is 20.0 Å². The molecule has 1 heterocycles. The minimum atomic E-state index is -0.00718. The summed E-state index contributed by atoms with van der Waals surface area (Å²) in [6, 6.07) is 17.3. The first-order chi connectivity index (χ1) is 11.7. The Kier molecular flexibility index (Phi) is 6.02. The summed E-state index contributed by atoms with van der Waals surface area (Å²) in [5, 5.41) is 0. The van der Waals surface area contributed by atoms with Crippen LogP contribution < -0.4 is 0 Å². The average Bonchev–Trinajstić information content (AvgIpc) is 2.62. The Morgan fingerprint density at radius 3 is 1.88 bits per heavy atom. The highest BCUT2D eigenvalue weighted by molar-refractivity contribution is 5.33. The molecule has 0 spiro atoms. The van der Waals surface area contributed by atoms with E-state index in [-0.39, 0.29) is 6.10 Å². The third-order valence-electron chi connectivity index (χ3n) is 4.56. The summed E-state index contributed by atoms with van der Waals surface area (Å²) in [7, 11) is 0. The highest BCUT2D eigenvalue weighted by Crippen LogP contribution is 2.26. The molecule has 0 aliphatic carbocycles. The van der Waals surface area contributed by atoms with Crippen molar-refractivity contribution in [3.05, 3.63) is 70.8 Å². The first-order valence-corrected chi connectivity index (χ1v) is 8.77. The number of ether oxygens (including phenoxy) is 2. The van der Waals surface area contributed by atoms with Crippen LogP contribution in [0.15, 0.2) is 48.5 Å². The topological polar surface area (TPSA) is 21.7 Å². The van der Waals surface area contributed by atoms with Gasteiger partial charge in [-0.1, -0.05) is 59.7 Å². The molecule has 0 amide bonds. The maximum atomic E-state index is 6.31. The molecule has 2 aromatic rings. The Morgan fingerprint density at radius 1 is 0.875 bits per heavy atom. The van der Waals surface area contributed by atoms with Gasteiger partial charge in [0.1, 0.15) is 6.10 Å². The summed E-state index contributed by atoms with van der Waals surface area (Å²) < 4.78 is 11.7. The van der Waals surface area contributed by atoms with Crippen molar-refractivity contribution in [2.75, 3.05) is 39.5 Å². The number of rotatable bonds is 6. The lowest BCUT2D eigenvalue weighted by Crippen LogP contribution is -2.38. The van der Waals surface area contributed by atoms with Gasteiger partial charge in [0, 0.05) is 19.6 Å². The van der Waals surface area contributed by atoms with Gasteiger partial charge >= 0.3 is 0 Å². The number of hydrogen-bond acceptors (Lipinski definition) is 3. The van der Waals surface area contributed by atoms with Crippen molar-refractivity contribution in [1.29, 1.82) is 0 Å². The second-order valence-corrected chi connectivity index (χ2v) is 6.53. The lowest BCUT2D eigenvalue weighted by atomic mass is 9.99. The Bertz CT molecular complexity index is 570. The molecular weight excluding hydrogens is 298 g/mol. The summed E-state index contributed by atoms with van der Waals surface area (Å²) in [6.45, 7) is 9.59. The van der Waals surface area contributed by atoms with Crippen LogP contribution in [-0.2, 0) is 9.47 Å². The summed E-state index contributed by atoms with van der Waals surface area (Å²) in [5.74, 6) is 0. The maximum absolute atomic E-state index is 6.31. The summed E-state index contributed by atoms with van der Waals surface area (Å²) in [4.78, 5) is 2.41. The van der Waals surface area contributed by atoms with E-state index in [1.807, 2.05) is 0 Å². The van der Waals surface area contributed by atoms with E-state index in [4.69, 9.17) is 9.47 Å². The lowest BCUT2D eigenvalue weighted by molar-refractivity contribution is 0.00967. The normalized spacial score (nSPS) is 15.8. The van der Waals surface area contributed by atoms with E-state index in [2.05, 4.69) is 67.3 Å². The van der Waals surface area contributed by atoms with Gasteiger partial charge < -0.3 is 9.47 Å². The van der Waals surface area contributed by atoms with Crippen LogP contribution in [0.25, 0.3) is 0 Å². The molecule has 0 unspecified atom stereocenters. The van der Waals surface area contributed by atoms with Gasteiger partial charge in [-0.05, 0) is 25.0 Å². The van der Waals surface area contributed by atoms with Crippen molar-refractivity contribution in [1.82, 2.24) is 4.90 Å². The van der Waals surface area contributed by atoms with Gasteiger partial charge in [-0.3, -0.25) is 4.90 Å². The van der Waals surface area contributed by atoms with Crippen molar-refractivity contribution in [3.63, 3.8) is 0 Å². The van der Waals surface area contributed by atoms with E-state index >= 15 is 0 Å². The molecule has 2 aromatic carbocycles. The second kappa shape index (κ2) is 8.43. The van der Waals surface area contributed by atoms with E-state index < -0.39 is 0 Å². The molecule has 0 saturated carbocycles. The molecule has 1 aliphatic heterocycles. The van der Waals surface area contributed by atoms with Crippen LogP contribution in [0, 0.1) is 13.8 Å². The summed E-state index contributed by atoms with van der Waals surface area (Å²) in [6.07, 6.45) is -0.00718. The molecule has 3 heteroatoms. The number of morpholine rings is 1. The van der Waals surface area contributed by atoms with Gasteiger partial charge in [0.15, 0.2) is 0 Å². The van der Waals surface area contributed by atoms with Crippen LogP contribution >= 0.6 is 0 Å². The van der Waals surface area contributed by atoms with Crippen LogP contribution in [0.5, 0.6) is 0 Å². The molecule has 1 saturated heterocycles. The van der Waals surface area contributed by atoms with E-state index in [0.717, 1.165) is 39.5 Å². The van der Waals surface area contributed by atoms with E-state index in [1.54, 1.807) is 0 Å². The van der Waals surface area contributed by atoms with Gasteiger partial charge in [-0.2, -0.15) is 0 Å². The molecular formula is C21H27NO2. The van der Waals surface area contributed by atoms with Crippen molar-refractivity contribution < 1.29 is 9.47 Å². The summed E-state index contributed by atoms with van der Waals surface area (Å²) in [5.41, 5.74) is 4.97. The molecule has 3 nitrogen and oxygen atoms in total. The zero-order valence-corrected chi connectivity index (χ0v) is 14.7. The standard InChI is InChI=1S/C21H27NO2/c1-17-3-7-19(8-4-17)21(20-9-5-18(2)6-10-20)24-16-13-22-11-14-23-15-12-22/h3-10,21H,11-16H2,1-2H3. The lowest BCUT2D eigenvalue weighted by Gasteiger charge is -2.27. The van der Waals surface area contributed by atoms with Crippen LogP contribution in [0.1, 0.15) is 28.4 Å². The highest BCUT2D eigenvalue weighted by Gasteiger charge is 2.16. The molecule has 0 atom stereocenters. The molecule has 1 fully saturated rings. The monoisotopic (exact) mass is 325 g/mol.